The summed E-state index contributed by atoms with van der Waals surface area (Å²) in [5, 5.41) is 0. The third kappa shape index (κ3) is 3.97. The van der Waals surface area contributed by atoms with Gasteiger partial charge in [-0.1, -0.05) is 6.58 Å². The van der Waals surface area contributed by atoms with Gasteiger partial charge in [-0.3, -0.25) is 9.59 Å². The summed E-state index contributed by atoms with van der Waals surface area (Å²) < 4.78 is 14.2. The average molecular weight is 285 g/mol. The lowest BCUT2D eigenvalue weighted by atomic mass is 9.89. The number of carbonyl (C=O) groups excluding carboxylic acids is 3. The summed E-state index contributed by atoms with van der Waals surface area (Å²) in [4.78, 5) is 36.4. The van der Waals surface area contributed by atoms with Crippen LogP contribution in [0.25, 0.3) is 0 Å². The Kier molecular flexibility index (Phi) is 5.54. The number of rotatable bonds is 3. The molecule has 1 fully saturated rings. The van der Waals surface area contributed by atoms with Crippen molar-refractivity contribution < 1.29 is 28.6 Å². The van der Waals surface area contributed by atoms with Crippen LogP contribution >= 0.6 is 0 Å². The summed E-state index contributed by atoms with van der Waals surface area (Å²) in [7, 11) is 2.53. The second-order valence-electron chi connectivity index (χ2n) is 4.65. The Labute approximate surface area is 117 Å². The van der Waals surface area contributed by atoms with Gasteiger partial charge in [-0.25, -0.2) is 4.79 Å². The Morgan fingerprint density at radius 1 is 1.05 bits per heavy atom. The van der Waals surface area contributed by atoms with Crippen molar-refractivity contribution in [2.24, 2.45) is 11.8 Å². The van der Waals surface area contributed by atoms with Crippen LogP contribution in [0.15, 0.2) is 12.3 Å². The van der Waals surface area contributed by atoms with E-state index >= 15 is 0 Å². The first-order valence-electron chi connectivity index (χ1n) is 6.17. The highest BCUT2D eigenvalue weighted by Gasteiger charge is 2.38. The molecule has 7 nitrogen and oxygen atoms in total. The summed E-state index contributed by atoms with van der Waals surface area (Å²) in [6.45, 7) is 5.31. The summed E-state index contributed by atoms with van der Waals surface area (Å²) >= 11 is 0. The lowest BCUT2D eigenvalue weighted by Gasteiger charge is -2.34. The Morgan fingerprint density at radius 2 is 1.50 bits per heavy atom. The summed E-state index contributed by atoms with van der Waals surface area (Å²) in [5.74, 6) is -1.84. The molecule has 0 aromatic rings. The highest BCUT2D eigenvalue weighted by atomic mass is 16.6. The number of piperidine rings is 1. The molecule has 0 N–H and O–H groups in total. The van der Waals surface area contributed by atoms with Crippen LogP contribution in [0, 0.1) is 11.8 Å². The van der Waals surface area contributed by atoms with Crippen molar-refractivity contribution in [3.8, 4) is 0 Å². The van der Waals surface area contributed by atoms with Gasteiger partial charge in [-0.2, -0.15) is 0 Å². The first-order valence-corrected chi connectivity index (χ1v) is 6.17. The fraction of sp³-hybridized carbons (Fsp3) is 0.615. The second-order valence-corrected chi connectivity index (χ2v) is 4.65. The molecule has 20 heavy (non-hydrogen) atoms. The normalized spacial score (nSPS) is 21.9. The zero-order valence-corrected chi connectivity index (χ0v) is 11.9. The van der Waals surface area contributed by atoms with Crippen LogP contribution in [0.2, 0.25) is 0 Å². The van der Waals surface area contributed by atoms with Gasteiger partial charge in [0.25, 0.3) is 0 Å². The first kappa shape index (κ1) is 16.0. The van der Waals surface area contributed by atoms with Crippen LogP contribution in [0.5, 0.6) is 0 Å². The van der Waals surface area contributed by atoms with Crippen LogP contribution in [0.1, 0.15) is 13.3 Å². The Morgan fingerprint density at radius 3 is 1.85 bits per heavy atom. The largest absolute Gasteiger partial charge is 0.469 e. The number of nitrogens with zero attached hydrogens (tertiary/aromatic N) is 1. The highest BCUT2D eigenvalue weighted by molar-refractivity contribution is 5.79. The maximum Gasteiger partial charge on any atom is 0.414 e. The van der Waals surface area contributed by atoms with Gasteiger partial charge >= 0.3 is 18.0 Å². The number of carbonyl (C=O) groups is 3. The van der Waals surface area contributed by atoms with E-state index in [1.165, 1.54) is 26.0 Å². The quantitative estimate of drug-likeness (QED) is 0.436. The summed E-state index contributed by atoms with van der Waals surface area (Å²) in [5.41, 5.74) is 0. The standard InChI is InChI=1S/C13H19NO6/c1-8(2)20-13(17)14-6-9(11(15)18-3)5-10(7-14)12(16)19-4/h9-10H,1,5-7H2,2-4H3. The molecule has 7 heteroatoms. The van der Waals surface area contributed by atoms with Gasteiger partial charge in [0.1, 0.15) is 0 Å². The van der Waals surface area contributed by atoms with Gasteiger partial charge in [0, 0.05) is 13.1 Å². The van der Waals surface area contributed by atoms with E-state index in [2.05, 4.69) is 16.1 Å². The number of hydrogen-bond acceptors (Lipinski definition) is 6. The van der Waals surface area contributed by atoms with Gasteiger partial charge in [0.15, 0.2) is 0 Å². The fourth-order valence-corrected chi connectivity index (χ4v) is 2.14. The molecule has 112 valence electrons. The van der Waals surface area contributed by atoms with Crippen LogP contribution in [0.4, 0.5) is 4.79 Å². The van der Waals surface area contributed by atoms with Crippen molar-refractivity contribution in [1.82, 2.24) is 4.90 Å². The molecule has 0 aromatic carbocycles. The van der Waals surface area contributed by atoms with Gasteiger partial charge in [-0.05, 0) is 13.3 Å². The molecule has 1 aliphatic rings. The van der Waals surface area contributed by atoms with E-state index < -0.39 is 29.9 Å². The molecule has 0 spiro atoms. The van der Waals surface area contributed by atoms with E-state index in [-0.39, 0.29) is 25.3 Å². The van der Waals surface area contributed by atoms with E-state index in [1.54, 1.807) is 0 Å². The van der Waals surface area contributed by atoms with Crippen molar-refractivity contribution in [2.45, 2.75) is 13.3 Å². The molecule has 0 aromatic heterocycles. The average Bonchev–Trinajstić information content (AvgIpc) is 2.44. The Bertz CT molecular complexity index is 395. The molecular formula is C13H19NO6. The predicted octanol–water partition coefficient (Wildman–Crippen LogP) is 0.941. The zero-order chi connectivity index (χ0) is 15.3. The first-order chi connectivity index (χ1) is 9.38. The molecule has 0 aliphatic carbocycles. The van der Waals surface area contributed by atoms with Gasteiger partial charge in [0.05, 0.1) is 31.8 Å². The maximum absolute atomic E-state index is 11.9. The van der Waals surface area contributed by atoms with E-state index in [0.717, 1.165) is 0 Å². The molecule has 1 saturated heterocycles. The van der Waals surface area contributed by atoms with E-state index in [0.29, 0.717) is 0 Å². The molecule has 0 saturated carbocycles. The Hall–Kier alpha value is -2.05. The van der Waals surface area contributed by atoms with Crippen molar-refractivity contribution in [2.75, 3.05) is 27.3 Å². The number of ether oxygens (including phenoxy) is 3. The minimum atomic E-state index is -0.639. The fourth-order valence-electron chi connectivity index (χ4n) is 2.14. The number of methoxy groups -OCH3 is 2. The third-order valence-corrected chi connectivity index (χ3v) is 3.04. The third-order valence-electron chi connectivity index (χ3n) is 3.04. The molecule has 1 aliphatic heterocycles. The number of likely N-dealkylation sites (tertiary alicyclic amines) is 1. The SMILES string of the molecule is C=C(C)OC(=O)N1CC(C(=O)OC)CC(C(=O)OC)C1. The monoisotopic (exact) mass is 285 g/mol. The highest BCUT2D eigenvalue weighted by Crippen LogP contribution is 2.24. The Balaban J connectivity index is 2.84. The van der Waals surface area contributed by atoms with Gasteiger partial charge < -0.3 is 19.1 Å². The topological polar surface area (TPSA) is 82.1 Å². The molecule has 1 heterocycles. The molecule has 0 bridgehead atoms. The summed E-state index contributed by atoms with van der Waals surface area (Å²) in [6, 6.07) is 0. The lowest BCUT2D eigenvalue weighted by molar-refractivity contribution is -0.153. The maximum atomic E-state index is 11.9. The molecule has 0 radical (unpaired) electrons. The zero-order valence-electron chi connectivity index (χ0n) is 11.9. The molecule has 1 amide bonds. The minimum absolute atomic E-state index is 0.145. The van der Waals surface area contributed by atoms with Crippen molar-refractivity contribution in [3.05, 3.63) is 12.3 Å². The number of amides is 1. The van der Waals surface area contributed by atoms with E-state index in [4.69, 9.17) is 4.74 Å². The van der Waals surface area contributed by atoms with Crippen molar-refractivity contribution in [1.29, 1.82) is 0 Å². The van der Waals surface area contributed by atoms with Crippen LogP contribution in [-0.4, -0.2) is 50.2 Å². The molecule has 2 atom stereocenters. The van der Waals surface area contributed by atoms with Gasteiger partial charge in [0.2, 0.25) is 0 Å². The number of esters is 2. The number of allylic oxidation sites excluding steroid dienone is 1. The van der Waals surface area contributed by atoms with Crippen molar-refractivity contribution >= 4 is 18.0 Å². The van der Waals surface area contributed by atoms with E-state index in [1.807, 2.05) is 0 Å². The number of hydrogen-bond donors (Lipinski definition) is 0. The minimum Gasteiger partial charge on any atom is -0.469 e. The smallest absolute Gasteiger partial charge is 0.414 e. The molecule has 2 unspecified atom stereocenters. The molecule has 1 rings (SSSR count). The lowest BCUT2D eigenvalue weighted by Crippen LogP contribution is -2.48. The second kappa shape index (κ2) is 6.93. The van der Waals surface area contributed by atoms with Crippen LogP contribution in [0.3, 0.4) is 0 Å². The van der Waals surface area contributed by atoms with Crippen molar-refractivity contribution in [3.63, 3.8) is 0 Å². The van der Waals surface area contributed by atoms with Crippen LogP contribution in [-0.2, 0) is 23.8 Å². The van der Waals surface area contributed by atoms with Gasteiger partial charge in [-0.15, -0.1) is 0 Å². The van der Waals surface area contributed by atoms with Crippen LogP contribution < -0.4 is 0 Å². The predicted molar refractivity (Wildman–Crippen MR) is 68.5 cm³/mol. The van der Waals surface area contributed by atoms with E-state index in [9.17, 15) is 14.4 Å². The molecular weight excluding hydrogens is 266 g/mol. The summed E-state index contributed by atoms with van der Waals surface area (Å²) in [6.07, 6.45) is -0.351.